The Morgan fingerprint density at radius 2 is 2.21 bits per heavy atom. The lowest BCUT2D eigenvalue weighted by molar-refractivity contribution is -0.109. The number of anilines is 3. The maximum Gasteiger partial charge on any atom is 0.152 e. The molecule has 2 aromatic heterocycles. The highest BCUT2D eigenvalue weighted by Gasteiger charge is 2.29. The summed E-state index contributed by atoms with van der Waals surface area (Å²) in [4.78, 5) is 24.2. The number of aromatic amines is 1. The fourth-order valence-electron chi connectivity index (χ4n) is 3.77. The van der Waals surface area contributed by atoms with Crippen molar-refractivity contribution in [2.45, 2.75) is 13.0 Å². The first-order valence-corrected chi connectivity index (χ1v) is 9.56. The van der Waals surface area contributed by atoms with Gasteiger partial charge in [-0.2, -0.15) is 0 Å². The number of pyridine rings is 1. The number of carbonyl (C=O) groups excluding carboxylic acids is 1. The maximum absolute atomic E-state index is 11.9. The lowest BCUT2D eigenvalue weighted by Crippen LogP contribution is -2.54. The number of nitrogens with one attached hydrogen (secondary N) is 2. The van der Waals surface area contributed by atoms with E-state index in [1.165, 1.54) is 0 Å². The predicted molar refractivity (Wildman–Crippen MR) is 113 cm³/mol. The van der Waals surface area contributed by atoms with E-state index in [0.29, 0.717) is 6.54 Å². The van der Waals surface area contributed by atoms with Crippen LogP contribution in [-0.4, -0.2) is 55.6 Å². The number of nitrogens with zero attached hydrogens (tertiary/aromatic N) is 3. The number of H-pyrrole nitrogens is 1. The van der Waals surface area contributed by atoms with Gasteiger partial charge in [0.15, 0.2) is 5.82 Å². The lowest BCUT2D eigenvalue weighted by atomic mass is 10.1. The van der Waals surface area contributed by atoms with Crippen molar-refractivity contribution in [1.29, 1.82) is 0 Å². The van der Waals surface area contributed by atoms with Crippen LogP contribution in [0.2, 0.25) is 0 Å². The van der Waals surface area contributed by atoms with Crippen LogP contribution in [-0.2, 0) is 4.79 Å². The fourth-order valence-corrected chi connectivity index (χ4v) is 3.77. The van der Waals surface area contributed by atoms with Crippen molar-refractivity contribution in [2.24, 2.45) is 0 Å². The summed E-state index contributed by atoms with van der Waals surface area (Å²) < 4.78 is 5.31. The molecule has 0 radical (unpaired) electrons. The van der Waals surface area contributed by atoms with Crippen molar-refractivity contribution in [1.82, 2.24) is 9.97 Å². The Morgan fingerprint density at radius 1 is 1.32 bits per heavy atom. The van der Waals surface area contributed by atoms with Crippen LogP contribution >= 0.6 is 0 Å². The minimum absolute atomic E-state index is 0.250. The van der Waals surface area contributed by atoms with Crippen LogP contribution in [0.15, 0.2) is 42.6 Å². The van der Waals surface area contributed by atoms with E-state index in [-0.39, 0.29) is 6.04 Å². The van der Waals surface area contributed by atoms with Crippen LogP contribution in [0.5, 0.6) is 5.75 Å². The van der Waals surface area contributed by atoms with Crippen LogP contribution in [0.4, 0.5) is 17.3 Å². The van der Waals surface area contributed by atoms with Crippen LogP contribution in [0.25, 0.3) is 10.9 Å². The molecule has 1 aliphatic heterocycles. The second-order valence-corrected chi connectivity index (χ2v) is 6.86. The number of benzene rings is 1. The van der Waals surface area contributed by atoms with Gasteiger partial charge >= 0.3 is 0 Å². The van der Waals surface area contributed by atoms with Gasteiger partial charge in [-0.1, -0.05) is 0 Å². The average molecular weight is 379 g/mol. The number of aromatic nitrogens is 2. The van der Waals surface area contributed by atoms with Gasteiger partial charge in [0.2, 0.25) is 0 Å². The number of hydrogen-bond donors (Lipinski definition) is 2. The first-order chi connectivity index (χ1) is 13.7. The van der Waals surface area contributed by atoms with Crippen molar-refractivity contribution < 1.29 is 9.53 Å². The molecular weight excluding hydrogens is 354 g/mol. The highest BCUT2D eigenvalue weighted by atomic mass is 16.5. The van der Waals surface area contributed by atoms with Crippen molar-refractivity contribution in [2.75, 3.05) is 48.4 Å². The number of methoxy groups -OCH3 is 1. The Labute approximate surface area is 164 Å². The van der Waals surface area contributed by atoms with Crippen molar-refractivity contribution in [3.05, 3.63) is 42.6 Å². The van der Waals surface area contributed by atoms with Crippen molar-refractivity contribution in [3.63, 3.8) is 0 Å². The van der Waals surface area contributed by atoms with Crippen molar-refractivity contribution >= 4 is 34.5 Å². The number of piperazine rings is 1. The first-order valence-electron chi connectivity index (χ1n) is 9.56. The zero-order chi connectivity index (χ0) is 19.5. The Hall–Kier alpha value is -3.22. The van der Waals surface area contributed by atoms with Gasteiger partial charge in [-0.25, -0.2) is 4.98 Å². The summed E-state index contributed by atoms with van der Waals surface area (Å²) in [5, 5.41) is 4.42. The number of carbonyl (C=O) groups is 1. The predicted octanol–water partition coefficient (Wildman–Crippen LogP) is 2.90. The van der Waals surface area contributed by atoms with E-state index in [4.69, 9.17) is 4.74 Å². The molecule has 4 rings (SSSR count). The number of aldehydes is 1. The maximum atomic E-state index is 11.9. The van der Waals surface area contributed by atoms with E-state index < -0.39 is 0 Å². The van der Waals surface area contributed by atoms with Gasteiger partial charge in [-0.05, 0) is 43.3 Å². The first kappa shape index (κ1) is 18.2. The largest absolute Gasteiger partial charge is 0.497 e. The molecule has 0 saturated carbocycles. The smallest absolute Gasteiger partial charge is 0.152 e. The van der Waals surface area contributed by atoms with E-state index in [1.807, 2.05) is 30.3 Å². The summed E-state index contributed by atoms with van der Waals surface area (Å²) in [6.45, 7) is 5.01. The molecule has 7 heteroatoms. The molecule has 1 fully saturated rings. The number of fused-ring (bicyclic) bond motifs is 1. The summed E-state index contributed by atoms with van der Waals surface area (Å²) in [5.41, 5.74) is 2.03. The number of rotatable bonds is 6. The van der Waals surface area contributed by atoms with Gasteiger partial charge in [-0.3, -0.25) is 0 Å². The summed E-state index contributed by atoms with van der Waals surface area (Å²) >= 11 is 0. The zero-order valence-electron chi connectivity index (χ0n) is 16.2. The normalized spacial score (nSPS) is 17.0. The van der Waals surface area contributed by atoms with E-state index in [1.54, 1.807) is 13.3 Å². The van der Waals surface area contributed by atoms with Gasteiger partial charge in [0.05, 0.1) is 12.8 Å². The van der Waals surface area contributed by atoms with E-state index >= 15 is 0 Å². The number of hydrogen-bond acceptors (Lipinski definition) is 6. The summed E-state index contributed by atoms with van der Waals surface area (Å²) in [6, 6.07) is 11.7. The minimum atomic E-state index is -0.250. The molecule has 0 amide bonds. The third-order valence-corrected chi connectivity index (χ3v) is 5.15. The Morgan fingerprint density at radius 3 is 3.00 bits per heavy atom. The monoisotopic (exact) mass is 379 g/mol. The highest BCUT2D eigenvalue weighted by Crippen LogP contribution is 2.30. The lowest BCUT2D eigenvalue weighted by Gasteiger charge is -2.40. The van der Waals surface area contributed by atoms with Crippen LogP contribution in [0.3, 0.4) is 0 Å². The van der Waals surface area contributed by atoms with Gasteiger partial charge < -0.3 is 29.6 Å². The fraction of sp³-hybridized carbons (Fsp3) is 0.333. The zero-order valence-corrected chi connectivity index (χ0v) is 16.2. The average Bonchev–Trinajstić information content (AvgIpc) is 3.17. The second-order valence-electron chi connectivity index (χ2n) is 6.86. The van der Waals surface area contributed by atoms with E-state index in [9.17, 15) is 4.79 Å². The molecule has 2 N–H and O–H groups in total. The summed E-state index contributed by atoms with van der Waals surface area (Å²) in [6.07, 6.45) is 2.82. The standard InChI is InChI=1S/C21H25N5O2/c1-3-22-19-5-4-8-23-21(19)25-9-10-26(16(13-25)14-27)20-12-15-11-17(28-2)6-7-18(15)24-20/h4-8,11-12,14,16,22,24H,3,9-10,13H2,1-2H3. The molecule has 1 aromatic carbocycles. The molecule has 1 atom stereocenters. The van der Waals surface area contributed by atoms with Gasteiger partial charge in [0.25, 0.3) is 0 Å². The Kier molecular flexibility index (Phi) is 5.06. The molecule has 0 spiro atoms. The van der Waals surface area contributed by atoms with E-state index in [0.717, 1.165) is 59.9 Å². The molecule has 7 nitrogen and oxygen atoms in total. The molecule has 1 unspecified atom stereocenters. The van der Waals surface area contributed by atoms with Gasteiger partial charge in [-0.15, -0.1) is 0 Å². The third kappa shape index (κ3) is 3.35. The van der Waals surface area contributed by atoms with Gasteiger partial charge in [0, 0.05) is 43.3 Å². The molecule has 1 saturated heterocycles. The Balaban J connectivity index is 1.58. The quantitative estimate of drug-likeness (QED) is 0.642. The van der Waals surface area contributed by atoms with Crippen LogP contribution in [0.1, 0.15) is 6.92 Å². The molecular formula is C21H25N5O2. The SMILES string of the molecule is CCNc1cccnc1N1CCN(c2cc3cc(OC)ccc3[nH]2)C(C=O)C1. The molecule has 0 bridgehead atoms. The molecule has 3 aromatic rings. The van der Waals surface area contributed by atoms with Crippen molar-refractivity contribution in [3.8, 4) is 5.75 Å². The number of ether oxygens (including phenoxy) is 1. The Bertz CT molecular complexity index is 970. The topological polar surface area (TPSA) is 73.5 Å². The molecule has 28 heavy (non-hydrogen) atoms. The molecule has 0 aliphatic carbocycles. The molecule has 1 aliphatic rings. The molecule has 146 valence electrons. The van der Waals surface area contributed by atoms with E-state index in [2.05, 4.69) is 38.1 Å². The minimum Gasteiger partial charge on any atom is -0.497 e. The highest BCUT2D eigenvalue weighted by molar-refractivity contribution is 5.86. The molecule has 3 heterocycles. The summed E-state index contributed by atoms with van der Waals surface area (Å²) in [7, 11) is 1.66. The third-order valence-electron chi connectivity index (χ3n) is 5.15. The van der Waals surface area contributed by atoms with Crippen LogP contribution in [0, 0.1) is 0 Å². The second kappa shape index (κ2) is 7.80. The van der Waals surface area contributed by atoms with Crippen LogP contribution < -0.4 is 19.9 Å². The summed E-state index contributed by atoms with van der Waals surface area (Å²) in [5.74, 6) is 2.67. The van der Waals surface area contributed by atoms with Gasteiger partial charge in [0.1, 0.15) is 23.9 Å².